The van der Waals surface area contributed by atoms with Crippen LogP contribution in [0.1, 0.15) is 31.0 Å². The van der Waals surface area contributed by atoms with Crippen LogP contribution in [0.5, 0.6) is 11.6 Å². The van der Waals surface area contributed by atoms with Crippen LogP contribution >= 0.6 is 0 Å². The van der Waals surface area contributed by atoms with E-state index >= 15 is 0 Å². The van der Waals surface area contributed by atoms with Crippen molar-refractivity contribution in [3.8, 4) is 11.6 Å². The normalized spacial score (nSPS) is 11.7. The van der Waals surface area contributed by atoms with E-state index in [-0.39, 0.29) is 24.4 Å². The Kier molecular flexibility index (Phi) is 7.13. The Morgan fingerprint density at radius 3 is 2.62 bits per heavy atom. The smallest absolute Gasteiger partial charge is 0.387 e. The maximum Gasteiger partial charge on any atom is 0.387 e. The molecule has 2 rings (SSSR count). The molecule has 0 fully saturated rings. The summed E-state index contributed by atoms with van der Waals surface area (Å²) in [5, 5.41) is 5.52. The molecule has 0 aliphatic heterocycles. The minimum atomic E-state index is -2.86. The average molecular weight is 365 g/mol. The Bertz CT molecular complexity index is 711. The van der Waals surface area contributed by atoms with E-state index in [4.69, 9.17) is 4.74 Å². The van der Waals surface area contributed by atoms with Gasteiger partial charge in [-0.15, -0.1) is 0 Å². The summed E-state index contributed by atoms with van der Waals surface area (Å²) in [5.41, 5.74) is 1.53. The van der Waals surface area contributed by atoms with Crippen molar-refractivity contribution in [3.05, 3.63) is 53.7 Å². The van der Waals surface area contributed by atoms with Crippen molar-refractivity contribution >= 4 is 6.03 Å². The van der Waals surface area contributed by atoms with Crippen LogP contribution in [0, 0.1) is 0 Å². The second-order valence-electron chi connectivity index (χ2n) is 5.40. The minimum Gasteiger partial charge on any atom is -0.478 e. The quantitative estimate of drug-likeness (QED) is 0.749. The number of ether oxygens (including phenoxy) is 2. The van der Waals surface area contributed by atoms with Gasteiger partial charge in [0, 0.05) is 18.3 Å². The Morgan fingerprint density at radius 1 is 1.23 bits per heavy atom. The van der Waals surface area contributed by atoms with E-state index in [0.29, 0.717) is 12.5 Å². The molecule has 26 heavy (non-hydrogen) atoms. The van der Waals surface area contributed by atoms with Crippen LogP contribution in [-0.4, -0.2) is 24.2 Å². The fraction of sp³-hybridized carbons (Fsp3) is 0.333. The minimum absolute atomic E-state index is 0.0698. The summed E-state index contributed by atoms with van der Waals surface area (Å²) in [6.07, 6.45) is 1.62. The van der Waals surface area contributed by atoms with E-state index in [1.54, 1.807) is 31.3 Å². The number of benzene rings is 1. The fourth-order valence-electron chi connectivity index (χ4n) is 2.27. The van der Waals surface area contributed by atoms with Gasteiger partial charge in [-0.2, -0.15) is 8.78 Å². The number of hydrogen-bond donors (Lipinski definition) is 2. The first-order valence-electron chi connectivity index (χ1n) is 8.15. The van der Waals surface area contributed by atoms with Crippen molar-refractivity contribution in [3.63, 3.8) is 0 Å². The summed E-state index contributed by atoms with van der Waals surface area (Å²) < 4.78 is 34.0. The molecule has 2 aromatic rings. The molecule has 6 nitrogen and oxygen atoms in total. The third-order valence-electron chi connectivity index (χ3n) is 3.52. The van der Waals surface area contributed by atoms with Gasteiger partial charge in [-0.25, -0.2) is 9.78 Å². The highest BCUT2D eigenvalue weighted by Gasteiger charge is 2.12. The second kappa shape index (κ2) is 9.55. The van der Waals surface area contributed by atoms with Gasteiger partial charge in [-0.3, -0.25) is 0 Å². The van der Waals surface area contributed by atoms with Gasteiger partial charge in [-0.1, -0.05) is 18.2 Å². The Hall–Kier alpha value is -2.90. The average Bonchev–Trinajstić information content (AvgIpc) is 2.61. The number of urea groups is 1. The van der Waals surface area contributed by atoms with Gasteiger partial charge in [0.15, 0.2) is 0 Å². The predicted molar refractivity (Wildman–Crippen MR) is 92.3 cm³/mol. The monoisotopic (exact) mass is 365 g/mol. The summed E-state index contributed by atoms with van der Waals surface area (Å²) in [7, 11) is 0. The van der Waals surface area contributed by atoms with Crippen molar-refractivity contribution < 1.29 is 23.0 Å². The van der Waals surface area contributed by atoms with Crippen LogP contribution in [0.4, 0.5) is 13.6 Å². The Morgan fingerprint density at radius 2 is 1.96 bits per heavy atom. The summed E-state index contributed by atoms with van der Waals surface area (Å²) in [6.45, 7) is 1.54. The van der Waals surface area contributed by atoms with Crippen molar-refractivity contribution in [1.29, 1.82) is 0 Å². The van der Waals surface area contributed by atoms with Crippen LogP contribution in [0.2, 0.25) is 0 Å². The number of carbonyl (C=O) groups is 1. The summed E-state index contributed by atoms with van der Waals surface area (Å²) in [4.78, 5) is 16.2. The number of halogens is 2. The van der Waals surface area contributed by atoms with Gasteiger partial charge in [0.05, 0.1) is 12.6 Å². The van der Waals surface area contributed by atoms with Gasteiger partial charge in [-0.05, 0) is 37.6 Å². The molecule has 8 heteroatoms. The van der Waals surface area contributed by atoms with Crippen molar-refractivity contribution in [2.75, 3.05) is 6.61 Å². The molecule has 0 bridgehead atoms. The number of hydrogen-bond acceptors (Lipinski definition) is 4. The molecule has 0 radical (unpaired) electrons. The predicted octanol–water partition coefficient (Wildman–Crippen LogP) is 3.64. The van der Waals surface area contributed by atoms with E-state index in [2.05, 4.69) is 20.4 Å². The van der Waals surface area contributed by atoms with Crippen LogP contribution < -0.4 is 20.1 Å². The zero-order valence-corrected chi connectivity index (χ0v) is 14.5. The molecule has 1 unspecified atom stereocenters. The molecule has 0 saturated heterocycles. The number of aromatic nitrogens is 1. The number of alkyl halides is 2. The number of nitrogens with one attached hydrogen (secondary N) is 2. The van der Waals surface area contributed by atoms with Gasteiger partial charge in [0.25, 0.3) is 0 Å². The van der Waals surface area contributed by atoms with Crippen molar-refractivity contribution in [1.82, 2.24) is 15.6 Å². The molecule has 0 aliphatic carbocycles. The zero-order valence-electron chi connectivity index (χ0n) is 14.5. The molecule has 1 aromatic carbocycles. The molecule has 140 valence electrons. The molecule has 1 heterocycles. The van der Waals surface area contributed by atoms with Gasteiger partial charge in [0.1, 0.15) is 5.75 Å². The SMILES string of the molecule is CCOc1ncccc1CNC(=O)NC(C)c1ccc(OC(F)F)cc1. The van der Waals surface area contributed by atoms with Crippen LogP contribution in [0.25, 0.3) is 0 Å². The topological polar surface area (TPSA) is 72.5 Å². The van der Waals surface area contributed by atoms with E-state index in [9.17, 15) is 13.6 Å². The number of rotatable bonds is 8. The van der Waals surface area contributed by atoms with Gasteiger partial charge < -0.3 is 20.1 Å². The largest absolute Gasteiger partial charge is 0.478 e. The number of amides is 2. The second-order valence-corrected chi connectivity index (χ2v) is 5.40. The maximum atomic E-state index is 12.2. The summed E-state index contributed by atoms with van der Waals surface area (Å²) in [5.74, 6) is 0.554. The number of nitrogens with zero attached hydrogens (tertiary/aromatic N) is 1. The first kappa shape index (κ1) is 19.4. The summed E-state index contributed by atoms with van der Waals surface area (Å²) in [6, 6.07) is 9.02. The number of pyridine rings is 1. The zero-order chi connectivity index (χ0) is 18.9. The van der Waals surface area contributed by atoms with E-state index < -0.39 is 6.61 Å². The highest BCUT2D eigenvalue weighted by molar-refractivity contribution is 5.74. The van der Waals surface area contributed by atoms with E-state index in [1.807, 2.05) is 13.0 Å². The van der Waals surface area contributed by atoms with Gasteiger partial charge in [0.2, 0.25) is 5.88 Å². The lowest BCUT2D eigenvalue weighted by Crippen LogP contribution is -2.36. The third-order valence-corrected chi connectivity index (χ3v) is 3.52. The Labute approximate surface area is 150 Å². The lowest BCUT2D eigenvalue weighted by Gasteiger charge is -2.16. The lowest BCUT2D eigenvalue weighted by molar-refractivity contribution is -0.0498. The lowest BCUT2D eigenvalue weighted by atomic mass is 10.1. The molecular formula is C18H21F2N3O3. The molecule has 0 aliphatic rings. The molecule has 0 saturated carbocycles. The highest BCUT2D eigenvalue weighted by atomic mass is 19.3. The van der Waals surface area contributed by atoms with Crippen LogP contribution in [0.3, 0.4) is 0 Å². The molecule has 2 N–H and O–H groups in total. The van der Waals surface area contributed by atoms with Crippen molar-refractivity contribution in [2.24, 2.45) is 0 Å². The van der Waals surface area contributed by atoms with Gasteiger partial charge >= 0.3 is 12.6 Å². The molecular weight excluding hydrogens is 344 g/mol. The fourth-order valence-corrected chi connectivity index (χ4v) is 2.27. The molecule has 1 atom stereocenters. The maximum absolute atomic E-state index is 12.2. The molecule has 2 amide bonds. The summed E-state index contributed by atoms with van der Waals surface area (Å²) >= 11 is 0. The van der Waals surface area contributed by atoms with Crippen LogP contribution in [-0.2, 0) is 6.54 Å². The van der Waals surface area contributed by atoms with E-state index in [1.165, 1.54) is 12.1 Å². The van der Waals surface area contributed by atoms with E-state index in [0.717, 1.165) is 11.1 Å². The molecule has 0 spiro atoms. The first-order valence-corrected chi connectivity index (χ1v) is 8.15. The third kappa shape index (κ3) is 5.87. The molecule has 1 aromatic heterocycles. The standard InChI is InChI=1S/C18H21F2N3O3/c1-3-25-16-14(5-4-10-21-16)11-22-18(24)23-12(2)13-6-8-15(9-7-13)26-17(19)20/h4-10,12,17H,3,11H2,1-2H3,(H2,22,23,24). The first-order chi connectivity index (χ1) is 12.5. The van der Waals surface area contributed by atoms with Crippen molar-refractivity contribution in [2.45, 2.75) is 33.0 Å². The number of carbonyl (C=O) groups excluding carboxylic acids is 1. The Balaban J connectivity index is 1.87. The highest BCUT2D eigenvalue weighted by Crippen LogP contribution is 2.19. The van der Waals surface area contributed by atoms with Crippen LogP contribution in [0.15, 0.2) is 42.6 Å².